The van der Waals surface area contributed by atoms with Gasteiger partial charge >= 0.3 is 0 Å². The summed E-state index contributed by atoms with van der Waals surface area (Å²) >= 11 is 0. The van der Waals surface area contributed by atoms with Gasteiger partial charge in [0, 0.05) is 0 Å². The summed E-state index contributed by atoms with van der Waals surface area (Å²) < 4.78 is 0. The lowest BCUT2D eigenvalue weighted by Gasteiger charge is -2.58. The molecule has 3 heteroatoms. The van der Waals surface area contributed by atoms with Crippen LogP contribution in [0, 0.1) is 17.3 Å². The summed E-state index contributed by atoms with van der Waals surface area (Å²) in [5.41, 5.74) is -1.70. The van der Waals surface area contributed by atoms with E-state index in [-0.39, 0.29) is 23.4 Å². The van der Waals surface area contributed by atoms with E-state index in [9.17, 15) is 15.3 Å². The van der Waals surface area contributed by atoms with Gasteiger partial charge in [-0.3, -0.25) is 0 Å². The monoisotopic (exact) mass is 256 g/mol. The molecule has 0 aromatic carbocycles. The molecule has 0 aromatic rings. The summed E-state index contributed by atoms with van der Waals surface area (Å²) in [6, 6.07) is 0. The van der Waals surface area contributed by atoms with Crippen molar-refractivity contribution in [1.82, 2.24) is 0 Å². The molecule has 0 aromatic heterocycles. The molecule has 0 unspecified atom stereocenters. The largest absolute Gasteiger partial charge is 0.393 e. The molecule has 2 saturated carbocycles. The second kappa shape index (κ2) is 4.19. The predicted octanol–water partition coefficient (Wildman–Crippen LogP) is 2.09. The zero-order valence-corrected chi connectivity index (χ0v) is 12.1. The zero-order chi connectivity index (χ0) is 13.8. The van der Waals surface area contributed by atoms with Crippen molar-refractivity contribution in [3.63, 3.8) is 0 Å². The topological polar surface area (TPSA) is 60.7 Å². The fraction of sp³-hybridized carbons (Fsp3) is 1.00. The van der Waals surface area contributed by atoms with Crippen molar-refractivity contribution in [1.29, 1.82) is 0 Å². The Balaban J connectivity index is 2.32. The summed E-state index contributed by atoms with van der Waals surface area (Å²) in [7, 11) is 0. The maximum absolute atomic E-state index is 10.7. The highest BCUT2D eigenvalue weighted by molar-refractivity contribution is 5.08. The number of hydrogen-bond acceptors (Lipinski definition) is 3. The van der Waals surface area contributed by atoms with E-state index in [4.69, 9.17) is 0 Å². The third kappa shape index (κ3) is 2.00. The first kappa shape index (κ1) is 14.3. The van der Waals surface area contributed by atoms with E-state index < -0.39 is 11.2 Å². The van der Waals surface area contributed by atoms with Crippen molar-refractivity contribution in [3.05, 3.63) is 0 Å². The number of aliphatic hydroxyl groups is 3. The Morgan fingerprint density at radius 3 is 2.22 bits per heavy atom. The van der Waals surface area contributed by atoms with Gasteiger partial charge in [0.25, 0.3) is 0 Å². The molecule has 0 heterocycles. The maximum atomic E-state index is 10.7. The average molecular weight is 256 g/mol. The van der Waals surface area contributed by atoms with Crippen molar-refractivity contribution < 1.29 is 15.3 Å². The highest BCUT2D eigenvalue weighted by atomic mass is 16.3. The minimum Gasteiger partial charge on any atom is -0.393 e. The molecule has 5 atom stereocenters. The van der Waals surface area contributed by atoms with Gasteiger partial charge in [-0.2, -0.15) is 0 Å². The van der Waals surface area contributed by atoms with Crippen LogP contribution < -0.4 is 0 Å². The molecular formula is C15H28O3. The van der Waals surface area contributed by atoms with Gasteiger partial charge in [-0.25, -0.2) is 0 Å². The van der Waals surface area contributed by atoms with Crippen LogP contribution >= 0.6 is 0 Å². The van der Waals surface area contributed by atoms with E-state index in [2.05, 4.69) is 6.92 Å². The van der Waals surface area contributed by atoms with Crippen molar-refractivity contribution in [2.45, 2.75) is 77.1 Å². The van der Waals surface area contributed by atoms with Gasteiger partial charge in [0.2, 0.25) is 0 Å². The molecule has 0 saturated heterocycles. The smallest absolute Gasteiger partial charge is 0.0674 e. The maximum Gasteiger partial charge on any atom is 0.0674 e. The Morgan fingerprint density at radius 2 is 1.67 bits per heavy atom. The Bertz CT molecular complexity index is 326. The van der Waals surface area contributed by atoms with Crippen LogP contribution in [0.3, 0.4) is 0 Å². The molecule has 0 spiro atoms. The van der Waals surface area contributed by atoms with E-state index >= 15 is 0 Å². The Labute approximate surface area is 110 Å². The molecule has 0 aliphatic heterocycles. The third-order valence-corrected chi connectivity index (χ3v) is 5.96. The third-order valence-electron chi connectivity index (χ3n) is 5.96. The number of fused-ring (bicyclic) bond motifs is 1. The minimum atomic E-state index is -0.767. The molecule has 2 fully saturated rings. The molecule has 2 rings (SSSR count). The SMILES string of the molecule is CC(C)[C@@]1(O)CC[C@]2(C)[C@@H](C1)[C@](C)(O)CC[C@@H]2O. The quantitative estimate of drug-likeness (QED) is 0.673. The highest BCUT2D eigenvalue weighted by Crippen LogP contribution is 2.57. The number of aliphatic hydroxyl groups excluding tert-OH is 1. The van der Waals surface area contributed by atoms with Gasteiger partial charge in [0.15, 0.2) is 0 Å². The second-order valence-corrected chi connectivity index (χ2v) is 7.43. The number of rotatable bonds is 1. The molecule has 3 N–H and O–H groups in total. The summed E-state index contributed by atoms with van der Waals surface area (Å²) in [6.45, 7) is 8.02. The first-order valence-electron chi connectivity index (χ1n) is 7.25. The van der Waals surface area contributed by atoms with Crippen LogP contribution in [0.15, 0.2) is 0 Å². The minimum absolute atomic E-state index is 0.0186. The molecule has 0 bridgehead atoms. The summed E-state index contributed by atoms with van der Waals surface area (Å²) in [4.78, 5) is 0. The molecule has 0 radical (unpaired) electrons. The van der Waals surface area contributed by atoms with Gasteiger partial charge in [-0.05, 0) is 56.3 Å². The summed E-state index contributed by atoms with van der Waals surface area (Å²) in [5.74, 6) is 0.173. The molecule has 2 aliphatic carbocycles. The molecule has 106 valence electrons. The lowest BCUT2D eigenvalue weighted by Crippen LogP contribution is -2.61. The van der Waals surface area contributed by atoms with Crippen LogP contribution in [0.25, 0.3) is 0 Å². The van der Waals surface area contributed by atoms with Gasteiger partial charge in [-0.15, -0.1) is 0 Å². The fourth-order valence-corrected chi connectivity index (χ4v) is 4.14. The van der Waals surface area contributed by atoms with Crippen LogP contribution in [0.5, 0.6) is 0 Å². The predicted molar refractivity (Wildman–Crippen MR) is 71.1 cm³/mol. The molecule has 18 heavy (non-hydrogen) atoms. The molecule has 3 nitrogen and oxygen atoms in total. The van der Waals surface area contributed by atoms with Crippen LogP contribution in [0.2, 0.25) is 0 Å². The zero-order valence-electron chi connectivity index (χ0n) is 12.1. The number of hydrogen-bond donors (Lipinski definition) is 3. The Kier molecular flexibility index (Phi) is 3.33. The van der Waals surface area contributed by atoms with E-state index in [1.54, 1.807) is 0 Å². The Morgan fingerprint density at radius 1 is 1.06 bits per heavy atom. The molecule has 2 aliphatic rings. The lowest BCUT2D eigenvalue weighted by molar-refractivity contribution is -0.208. The van der Waals surface area contributed by atoms with Crippen molar-refractivity contribution >= 4 is 0 Å². The van der Waals surface area contributed by atoms with Crippen LogP contribution in [-0.2, 0) is 0 Å². The van der Waals surface area contributed by atoms with Crippen LogP contribution in [0.4, 0.5) is 0 Å². The van der Waals surface area contributed by atoms with E-state index in [0.717, 1.165) is 12.8 Å². The average Bonchev–Trinajstić information content (AvgIpc) is 2.27. The first-order valence-corrected chi connectivity index (χ1v) is 7.25. The highest BCUT2D eigenvalue weighted by Gasteiger charge is 2.58. The van der Waals surface area contributed by atoms with Crippen LogP contribution in [0.1, 0.15) is 59.8 Å². The van der Waals surface area contributed by atoms with E-state index in [0.29, 0.717) is 19.3 Å². The van der Waals surface area contributed by atoms with E-state index in [1.165, 1.54) is 0 Å². The molecule has 0 amide bonds. The van der Waals surface area contributed by atoms with Crippen molar-refractivity contribution in [2.24, 2.45) is 17.3 Å². The second-order valence-electron chi connectivity index (χ2n) is 7.43. The van der Waals surface area contributed by atoms with Gasteiger partial charge < -0.3 is 15.3 Å². The van der Waals surface area contributed by atoms with Crippen LogP contribution in [-0.4, -0.2) is 32.6 Å². The lowest BCUT2D eigenvalue weighted by atomic mass is 9.50. The summed E-state index contributed by atoms with van der Waals surface area (Å²) in [5, 5.41) is 31.7. The Hall–Kier alpha value is -0.120. The summed E-state index contributed by atoms with van der Waals surface area (Å²) in [6.07, 6.45) is 3.07. The molecular weight excluding hydrogens is 228 g/mol. The fourth-order valence-electron chi connectivity index (χ4n) is 4.14. The van der Waals surface area contributed by atoms with E-state index in [1.807, 2.05) is 20.8 Å². The normalized spacial score (nSPS) is 53.3. The van der Waals surface area contributed by atoms with Crippen molar-refractivity contribution in [2.75, 3.05) is 0 Å². The first-order chi connectivity index (χ1) is 8.12. The standard InChI is InChI=1S/C15H28O3/c1-10(2)15(18)8-7-13(3)11(9-15)14(4,17)6-5-12(13)16/h10-12,16-18H,5-9H2,1-4H3/t11-,12+,13-,14-,15-/m1/s1. The van der Waals surface area contributed by atoms with Crippen molar-refractivity contribution in [3.8, 4) is 0 Å². The van der Waals surface area contributed by atoms with Gasteiger partial charge in [0.05, 0.1) is 17.3 Å². The van der Waals surface area contributed by atoms with Gasteiger partial charge in [0.1, 0.15) is 0 Å². The van der Waals surface area contributed by atoms with Gasteiger partial charge in [-0.1, -0.05) is 20.8 Å².